The van der Waals surface area contributed by atoms with E-state index in [1.807, 2.05) is 6.92 Å². The van der Waals surface area contributed by atoms with Crippen LogP contribution in [0.4, 0.5) is 4.39 Å². The summed E-state index contributed by atoms with van der Waals surface area (Å²) in [6, 6.07) is 5.17. The average molecular weight is 300 g/mol. The first-order valence-electron chi connectivity index (χ1n) is 5.76. The van der Waals surface area contributed by atoms with Gasteiger partial charge in [-0.25, -0.2) is 12.8 Å². The molecule has 1 saturated heterocycles. The highest BCUT2D eigenvalue weighted by Crippen LogP contribution is 2.27. The van der Waals surface area contributed by atoms with E-state index in [2.05, 4.69) is 0 Å². The minimum atomic E-state index is -3.82. The Kier molecular flexibility index (Phi) is 4.13. The molecule has 0 aliphatic carbocycles. The zero-order valence-electron chi connectivity index (χ0n) is 10.3. The van der Waals surface area contributed by atoms with Gasteiger partial charge in [0.2, 0.25) is 10.0 Å². The Morgan fingerprint density at radius 1 is 1.53 bits per heavy atom. The van der Waals surface area contributed by atoms with E-state index in [1.165, 1.54) is 16.4 Å². The van der Waals surface area contributed by atoms with Gasteiger partial charge in [0, 0.05) is 24.1 Å². The van der Waals surface area contributed by atoms with Crippen molar-refractivity contribution in [2.75, 3.05) is 18.1 Å². The second-order valence-electron chi connectivity index (χ2n) is 4.26. The number of nitrogens with zero attached hydrogens (tertiary/aromatic N) is 2. The predicted molar refractivity (Wildman–Crippen MR) is 71.8 cm³/mol. The van der Waals surface area contributed by atoms with Gasteiger partial charge >= 0.3 is 0 Å². The van der Waals surface area contributed by atoms with Crippen molar-refractivity contribution in [1.29, 1.82) is 5.26 Å². The average Bonchev–Trinajstić information content (AvgIpc) is 2.38. The molecule has 0 spiro atoms. The van der Waals surface area contributed by atoms with Crippen LogP contribution in [0.5, 0.6) is 0 Å². The summed E-state index contributed by atoms with van der Waals surface area (Å²) < 4.78 is 39.9. The van der Waals surface area contributed by atoms with E-state index in [-0.39, 0.29) is 10.9 Å². The summed E-state index contributed by atoms with van der Waals surface area (Å²) in [5, 5.41) is 8.95. The quantitative estimate of drug-likeness (QED) is 0.836. The third-order valence-electron chi connectivity index (χ3n) is 2.98. The van der Waals surface area contributed by atoms with Crippen molar-refractivity contribution in [2.45, 2.75) is 17.9 Å². The van der Waals surface area contributed by atoms with Crippen LogP contribution in [0.15, 0.2) is 23.1 Å². The molecule has 0 saturated carbocycles. The van der Waals surface area contributed by atoms with Crippen LogP contribution in [-0.2, 0) is 10.0 Å². The number of benzene rings is 1. The van der Waals surface area contributed by atoms with Gasteiger partial charge in [-0.15, -0.1) is 0 Å². The van der Waals surface area contributed by atoms with E-state index in [4.69, 9.17) is 5.26 Å². The van der Waals surface area contributed by atoms with E-state index in [9.17, 15) is 12.8 Å². The van der Waals surface area contributed by atoms with Gasteiger partial charge in [-0.1, -0.05) is 6.07 Å². The second kappa shape index (κ2) is 5.49. The van der Waals surface area contributed by atoms with Gasteiger partial charge in [0.05, 0.1) is 0 Å². The van der Waals surface area contributed by atoms with Gasteiger partial charge in [-0.3, -0.25) is 0 Å². The molecule has 1 aliphatic heterocycles. The molecule has 0 amide bonds. The Balaban J connectivity index is 2.51. The van der Waals surface area contributed by atoms with Crippen LogP contribution in [0.1, 0.15) is 12.5 Å². The van der Waals surface area contributed by atoms with E-state index >= 15 is 0 Å². The molecule has 1 aliphatic rings. The fourth-order valence-corrected chi connectivity index (χ4v) is 5.03. The van der Waals surface area contributed by atoms with Gasteiger partial charge in [0.15, 0.2) is 0 Å². The zero-order chi connectivity index (χ0) is 14.0. The van der Waals surface area contributed by atoms with Crippen LogP contribution < -0.4 is 0 Å². The summed E-state index contributed by atoms with van der Waals surface area (Å²) >= 11 is 1.69. The second-order valence-corrected chi connectivity index (χ2v) is 7.27. The number of nitriles is 1. The maximum Gasteiger partial charge on any atom is 0.244 e. The van der Waals surface area contributed by atoms with Crippen LogP contribution in [0.2, 0.25) is 0 Å². The summed E-state index contributed by atoms with van der Waals surface area (Å²) in [5.41, 5.74) is -0.409. The molecule has 102 valence electrons. The fraction of sp³-hybridized carbons (Fsp3) is 0.417. The molecule has 0 N–H and O–H groups in total. The molecule has 1 aromatic rings. The number of rotatable bonds is 2. The van der Waals surface area contributed by atoms with Crippen molar-refractivity contribution in [1.82, 2.24) is 4.31 Å². The van der Waals surface area contributed by atoms with Gasteiger partial charge in [0.25, 0.3) is 0 Å². The molecule has 7 heteroatoms. The third kappa shape index (κ3) is 2.61. The molecule has 4 nitrogen and oxygen atoms in total. The highest BCUT2D eigenvalue weighted by atomic mass is 32.2. The lowest BCUT2D eigenvalue weighted by atomic mass is 10.2. The summed E-state index contributed by atoms with van der Waals surface area (Å²) in [6.45, 7) is 2.20. The number of hydrogen-bond donors (Lipinski definition) is 0. The van der Waals surface area contributed by atoms with E-state index < -0.39 is 21.4 Å². The summed E-state index contributed by atoms with van der Waals surface area (Å²) in [4.78, 5) is -0.242. The lowest BCUT2D eigenvalue weighted by Gasteiger charge is -2.32. The van der Waals surface area contributed by atoms with Crippen LogP contribution in [0.3, 0.4) is 0 Å². The van der Waals surface area contributed by atoms with Crippen LogP contribution in [0.25, 0.3) is 0 Å². The largest absolute Gasteiger partial charge is 0.244 e. The van der Waals surface area contributed by atoms with Gasteiger partial charge < -0.3 is 0 Å². The molecule has 1 aromatic carbocycles. The monoisotopic (exact) mass is 300 g/mol. The van der Waals surface area contributed by atoms with Crippen molar-refractivity contribution >= 4 is 21.8 Å². The molecule has 1 atom stereocenters. The lowest BCUT2D eigenvalue weighted by Crippen LogP contribution is -2.44. The molecule has 1 heterocycles. The smallest absolute Gasteiger partial charge is 0.207 e. The first kappa shape index (κ1) is 14.3. The van der Waals surface area contributed by atoms with Gasteiger partial charge in [-0.2, -0.15) is 21.3 Å². The SMILES string of the molecule is CC1CSCCN1S(=O)(=O)c1cccc(F)c1C#N. The summed E-state index contributed by atoms with van der Waals surface area (Å²) in [5.74, 6) is 0.611. The maximum absolute atomic E-state index is 13.5. The molecular weight excluding hydrogens is 287 g/mol. The minimum absolute atomic E-state index is 0.154. The normalized spacial score (nSPS) is 21.0. The Bertz CT molecular complexity index is 625. The highest BCUT2D eigenvalue weighted by molar-refractivity contribution is 7.99. The van der Waals surface area contributed by atoms with E-state index in [0.29, 0.717) is 18.1 Å². The van der Waals surface area contributed by atoms with Crippen molar-refractivity contribution in [3.05, 3.63) is 29.6 Å². The van der Waals surface area contributed by atoms with Gasteiger partial charge in [-0.05, 0) is 19.1 Å². The molecule has 1 unspecified atom stereocenters. The van der Waals surface area contributed by atoms with Gasteiger partial charge in [0.1, 0.15) is 22.3 Å². The van der Waals surface area contributed by atoms with Crippen molar-refractivity contribution in [3.63, 3.8) is 0 Å². The highest BCUT2D eigenvalue weighted by Gasteiger charge is 2.33. The maximum atomic E-state index is 13.5. The topological polar surface area (TPSA) is 61.2 Å². The third-order valence-corrected chi connectivity index (χ3v) is 6.23. The predicted octanol–water partition coefficient (Wildman–Crippen LogP) is 1.82. The molecule has 19 heavy (non-hydrogen) atoms. The van der Waals surface area contributed by atoms with E-state index in [1.54, 1.807) is 17.8 Å². The van der Waals surface area contributed by atoms with Crippen molar-refractivity contribution < 1.29 is 12.8 Å². The number of thioether (sulfide) groups is 1. The number of halogens is 1. The van der Waals surface area contributed by atoms with Crippen molar-refractivity contribution in [3.8, 4) is 6.07 Å². The fourth-order valence-electron chi connectivity index (χ4n) is 2.02. The Morgan fingerprint density at radius 3 is 2.89 bits per heavy atom. The van der Waals surface area contributed by atoms with Crippen LogP contribution in [-0.4, -0.2) is 36.8 Å². The lowest BCUT2D eigenvalue weighted by molar-refractivity contribution is 0.367. The molecule has 0 bridgehead atoms. The Morgan fingerprint density at radius 2 is 2.26 bits per heavy atom. The summed E-state index contributed by atoms with van der Waals surface area (Å²) in [7, 11) is -3.82. The molecular formula is C12H13FN2O2S2. The standard InChI is InChI=1S/C12H13FN2O2S2/c1-9-8-18-6-5-15(9)19(16,17)12-4-2-3-11(13)10(12)7-14/h2-4,9H,5-6,8H2,1H3. The van der Waals surface area contributed by atoms with Crippen molar-refractivity contribution in [2.24, 2.45) is 0 Å². The molecule has 0 aromatic heterocycles. The Labute approximate surface area is 116 Å². The summed E-state index contributed by atoms with van der Waals surface area (Å²) in [6.07, 6.45) is 0. The molecule has 1 fully saturated rings. The van der Waals surface area contributed by atoms with Crippen LogP contribution >= 0.6 is 11.8 Å². The first-order valence-corrected chi connectivity index (χ1v) is 8.36. The Hall–Kier alpha value is -1.10. The van der Waals surface area contributed by atoms with E-state index in [0.717, 1.165) is 6.07 Å². The minimum Gasteiger partial charge on any atom is -0.207 e. The molecule has 0 radical (unpaired) electrons. The number of sulfonamides is 1. The molecule has 2 rings (SSSR count). The zero-order valence-corrected chi connectivity index (χ0v) is 12.0. The van der Waals surface area contributed by atoms with Crippen LogP contribution in [0, 0.1) is 17.1 Å². The number of hydrogen-bond acceptors (Lipinski definition) is 4. The first-order chi connectivity index (χ1) is 8.98.